The standard InChI is InChI=1S/C16H19N5/c1-2-13(10-20-9-7-17-12-20)11-21(8-1)15-4-3-14-5-6-18-16(14)19-15/h3-7,9,12-13H,1-2,8,10-11H2,(H,18,19)/t13-/m1/s1. The summed E-state index contributed by atoms with van der Waals surface area (Å²) in [6, 6.07) is 6.34. The first-order valence-corrected chi connectivity index (χ1v) is 7.53. The van der Waals surface area contributed by atoms with Gasteiger partial charge in [0.05, 0.1) is 6.33 Å². The molecule has 1 saturated heterocycles. The molecule has 0 amide bonds. The summed E-state index contributed by atoms with van der Waals surface area (Å²) in [5.74, 6) is 1.74. The lowest BCUT2D eigenvalue weighted by atomic mass is 9.98. The fourth-order valence-corrected chi connectivity index (χ4v) is 3.21. The van der Waals surface area contributed by atoms with Gasteiger partial charge in [0.15, 0.2) is 0 Å². The highest BCUT2D eigenvalue weighted by Gasteiger charge is 2.21. The summed E-state index contributed by atoms with van der Waals surface area (Å²) in [5.41, 5.74) is 0.976. The zero-order valence-corrected chi connectivity index (χ0v) is 11.9. The first-order chi connectivity index (χ1) is 10.4. The Kier molecular flexibility index (Phi) is 3.10. The molecule has 1 atom stereocenters. The predicted molar refractivity (Wildman–Crippen MR) is 83.3 cm³/mol. The number of nitrogens with one attached hydrogen (secondary N) is 1. The van der Waals surface area contributed by atoms with E-state index in [1.807, 2.05) is 24.9 Å². The zero-order valence-electron chi connectivity index (χ0n) is 11.9. The van der Waals surface area contributed by atoms with Crippen LogP contribution in [0.5, 0.6) is 0 Å². The number of hydrogen-bond donors (Lipinski definition) is 1. The van der Waals surface area contributed by atoms with Crippen LogP contribution in [0.3, 0.4) is 0 Å². The molecule has 0 unspecified atom stereocenters. The Morgan fingerprint density at radius 1 is 1.29 bits per heavy atom. The van der Waals surface area contributed by atoms with Crippen molar-refractivity contribution in [3.63, 3.8) is 0 Å². The van der Waals surface area contributed by atoms with Crippen molar-refractivity contribution in [1.29, 1.82) is 0 Å². The van der Waals surface area contributed by atoms with Gasteiger partial charge in [-0.15, -0.1) is 0 Å². The fourth-order valence-electron chi connectivity index (χ4n) is 3.21. The molecule has 1 N–H and O–H groups in total. The minimum atomic E-state index is 0.661. The maximum absolute atomic E-state index is 4.74. The number of pyridine rings is 1. The number of aromatic nitrogens is 4. The van der Waals surface area contributed by atoms with E-state index in [4.69, 9.17) is 4.98 Å². The average molecular weight is 281 g/mol. The SMILES string of the molecule is c1cn(C[C@H]2CCCN(c3ccc4cc[nH]c4n3)C2)cn1. The summed E-state index contributed by atoms with van der Waals surface area (Å²) in [6.45, 7) is 3.21. The number of aromatic amines is 1. The third-order valence-electron chi connectivity index (χ3n) is 4.27. The lowest BCUT2D eigenvalue weighted by molar-refractivity contribution is 0.365. The van der Waals surface area contributed by atoms with Crippen LogP contribution in [0.15, 0.2) is 43.1 Å². The summed E-state index contributed by atoms with van der Waals surface area (Å²) < 4.78 is 2.18. The largest absolute Gasteiger partial charge is 0.356 e. The van der Waals surface area contributed by atoms with E-state index in [2.05, 4.69) is 37.6 Å². The van der Waals surface area contributed by atoms with Crippen LogP contribution in [0, 0.1) is 5.92 Å². The van der Waals surface area contributed by atoms with Gasteiger partial charge in [-0.25, -0.2) is 9.97 Å². The number of rotatable bonds is 3. The third kappa shape index (κ3) is 2.51. The van der Waals surface area contributed by atoms with E-state index in [-0.39, 0.29) is 0 Å². The van der Waals surface area contributed by atoms with E-state index in [0.29, 0.717) is 5.92 Å². The maximum Gasteiger partial charge on any atom is 0.139 e. The highest BCUT2D eigenvalue weighted by molar-refractivity contribution is 5.77. The Bertz CT molecular complexity index is 715. The molecule has 1 aliphatic rings. The lowest BCUT2D eigenvalue weighted by Crippen LogP contribution is -2.37. The molecule has 0 radical (unpaired) electrons. The third-order valence-corrected chi connectivity index (χ3v) is 4.27. The van der Waals surface area contributed by atoms with Crippen LogP contribution in [0.1, 0.15) is 12.8 Å². The average Bonchev–Trinajstić information content (AvgIpc) is 3.17. The van der Waals surface area contributed by atoms with Gasteiger partial charge < -0.3 is 14.5 Å². The van der Waals surface area contributed by atoms with Gasteiger partial charge in [0.2, 0.25) is 0 Å². The lowest BCUT2D eigenvalue weighted by Gasteiger charge is -2.33. The molecule has 0 spiro atoms. The van der Waals surface area contributed by atoms with Crippen molar-refractivity contribution < 1.29 is 0 Å². The van der Waals surface area contributed by atoms with Crippen molar-refractivity contribution in [3.8, 4) is 0 Å². The van der Waals surface area contributed by atoms with Crippen LogP contribution in [-0.2, 0) is 6.54 Å². The molecule has 5 heteroatoms. The molecular formula is C16H19N5. The normalized spacial score (nSPS) is 19.2. The van der Waals surface area contributed by atoms with Crippen LogP contribution < -0.4 is 4.90 Å². The van der Waals surface area contributed by atoms with Crippen molar-refractivity contribution >= 4 is 16.9 Å². The van der Waals surface area contributed by atoms with Crippen molar-refractivity contribution in [3.05, 3.63) is 43.1 Å². The van der Waals surface area contributed by atoms with Gasteiger partial charge in [-0.2, -0.15) is 0 Å². The van der Waals surface area contributed by atoms with E-state index >= 15 is 0 Å². The van der Waals surface area contributed by atoms with Gasteiger partial charge in [0.25, 0.3) is 0 Å². The van der Waals surface area contributed by atoms with Crippen molar-refractivity contribution in [2.45, 2.75) is 19.4 Å². The van der Waals surface area contributed by atoms with Crippen LogP contribution in [0.2, 0.25) is 0 Å². The Hall–Kier alpha value is -2.30. The summed E-state index contributed by atoms with van der Waals surface area (Å²) in [7, 11) is 0. The van der Waals surface area contributed by atoms with Crippen LogP contribution in [0.25, 0.3) is 11.0 Å². The fraction of sp³-hybridized carbons (Fsp3) is 0.375. The summed E-state index contributed by atoms with van der Waals surface area (Å²) in [5, 5.41) is 1.17. The highest BCUT2D eigenvalue weighted by Crippen LogP contribution is 2.24. The molecule has 1 aliphatic heterocycles. The van der Waals surface area contributed by atoms with Crippen molar-refractivity contribution in [2.24, 2.45) is 5.92 Å². The minimum absolute atomic E-state index is 0.661. The number of nitrogens with zero attached hydrogens (tertiary/aromatic N) is 4. The topological polar surface area (TPSA) is 49.7 Å². The summed E-state index contributed by atoms with van der Waals surface area (Å²) >= 11 is 0. The Labute approximate surface area is 123 Å². The minimum Gasteiger partial charge on any atom is -0.356 e. The second-order valence-corrected chi connectivity index (χ2v) is 5.80. The number of hydrogen-bond acceptors (Lipinski definition) is 3. The van der Waals surface area contributed by atoms with Crippen LogP contribution in [-0.4, -0.2) is 32.6 Å². The first kappa shape index (κ1) is 12.4. The van der Waals surface area contributed by atoms with Gasteiger partial charge in [-0.3, -0.25) is 0 Å². The second kappa shape index (κ2) is 5.24. The summed E-state index contributed by atoms with van der Waals surface area (Å²) in [6.07, 6.45) is 10.2. The van der Waals surface area contributed by atoms with E-state index in [0.717, 1.165) is 31.1 Å². The molecule has 108 valence electrons. The highest BCUT2D eigenvalue weighted by atomic mass is 15.2. The molecule has 0 saturated carbocycles. The van der Waals surface area contributed by atoms with Gasteiger partial charge in [-0.05, 0) is 37.0 Å². The second-order valence-electron chi connectivity index (χ2n) is 5.80. The van der Waals surface area contributed by atoms with E-state index in [1.54, 1.807) is 0 Å². The number of H-pyrrole nitrogens is 1. The van der Waals surface area contributed by atoms with Gasteiger partial charge >= 0.3 is 0 Å². The quantitative estimate of drug-likeness (QED) is 0.803. The van der Waals surface area contributed by atoms with E-state index in [1.165, 1.54) is 18.2 Å². The molecule has 3 aromatic rings. The zero-order chi connectivity index (χ0) is 14.1. The number of anilines is 1. The first-order valence-electron chi connectivity index (χ1n) is 7.53. The Morgan fingerprint density at radius 3 is 3.19 bits per heavy atom. The molecular weight excluding hydrogens is 262 g/mol. The monoisotopic (exact) mass is 281 g/mol. The molecule has 1 fully saturated rings. The Balaban J connectivity index is 1.51. The molecule has 4 rings (SSSR count). The number of fused-ring (bicyclic) bond motifs is 1. The predicted octanol–water partition coefficient (Wildman–Crippen LogP) is 2.68. The molecule has 0 aliphatic carbocycles. The van der Waals surface area contributed by atoms with E-state index < -0.39 is 0 Å². The van der Waals surface area contributed by atoms with Gasteiger partial charge in [-0.1, -0.05) is 0 Å². The number of piperidine rings is 1. The molecule has 0 bridgehead atoms. The molecule has 3 aromatic heterocycles. The van der Waals surface area contributed by atoms with Gasteiger partial charge in [0.1, 0.15) is 11.5 Å². The number of imidazole rings is 1. The summed E-state index contributed by atoms with van der Waals surface area (Å²) in [4.78, 5) is 14.5. The maximum atomic E-state index is 4.74. The molecule has 21 heavy (non-hydrogen) atoms. The van der Waals surface area contributed by atoms with Crippen molar-refractivity contribution in [2.75, 3.05) is 18.0 Å². The van der Waals surface area contributed by atoms with Crippen molar-refractivity contribution in [1.82, 2.24) is 19.5 Å². The van der Waals surface area contributed by atoms with E-state index in [9.17, 15) is 0 Å². The smallest absolute Gasteiger partial charge is 0.139 e. The van der Waals surface area contributed by atoms with Crippen LogP contribution >= 0.6 is 0 Å². The molecule has 5 nitrogen and oxygen atoms in total. The molecule has 0 aromatic carbocycles. The van der Waals surface area contributed by atoms with Gasteiger partial charge in [0, 0.05) is 43.6 Å². The Morgan fingerprint density at radius 2 is 2.29 bits per heavy atom. The van der Waals surface area contributed by atoms with Crippen LogP contribution in [0.4, 0.5) is 5.82 Å². The molecule has 4 heterocycles.